The Morgan fingerprint density at radius 2 is 2.24 bits per heavy atom. The molecule has 0 spiro atoms. The average Bonchev–Trinajstić information content (AvgIpc) is 2.81. The van der Waals surface area contributed by atoms with E-state index in [0.29, 0.717) is 5.92 Å². The summed E-state index contributed by atoms with van der Waals surface area (Å²) in [7, 11) is 0. The Labute approximate surface area is 106 Å². The van der Waals surface area contributed by atoms with Gasteiger partial charge in [-0.3, -0.25) is 5.84 Å². The Kier molecular flexibility index (Phi) is 4.25. The van der Waals surface area contributed by atoms with E-state index in [2.05, 4.69) is 34.9 Å². The molecule has 1 aliphatic carbocycles. The lowest BCUT2D eigenvalue weighted by molar-refractivity contribution is 0.565. The summed E-state index contributed by atoms with van der Waals surface area (Å²) < 4.78 is 4.08. The summed E-state index contributed by atoms with van der Waals surface area (Å²) >= 11 is 1.46. The second-order valence-corrected chi connectivity index (χ2v) is 5.59. The fraction of sp³-hybridized carbons (Fsp3) is 0.667. The molecule has 1 unspecified atom stereocenters. The molecule has 0 aromatic carbocycles. The smallest absolute Gasteiger partial charge is 0.0833 e. The van der Waals surface area contributed by atoms with E-state index in [4.69, 9.17) is 5.84 Å². The molecule has 1 aromatic rings. The number of nitrogens with zero attached hydrogens (tertiary/aromatic N) is 2. The van der Waals surface area contributed by atoms with Crippen molar-refractivity contribution in [3.63, 3.8) is 0 Å². The standard InChI is InChI=1S/C12H20N4S/c1-8(2)10-12(17-16-15-10)11(14-13)9-6-4-3-5-7-9/h6,8,11,14H,3-5,7,13H2,1-2H3. The number of nitrogens with two attached hydrogens (primary N) is 1. The highest BCUT2D eigenvalue weighted by Crippen LogP contribution is 2.34. The molecule has 3 N–H and O–H groups in total. The van der Waals surface area contributed by atoms with E-state index < -0.39 is 0 Å². The zero-order valence-corrected chi connectivity index (χ0v) is 11.3. The van der Waals surface area contributed by atoms with E-state index in [1.807, 2.05) is 0 Å². The summed E-state index contributed by atoms with van der Waals surface area (Å²) in [4.78, 5) is 1.18. The van der Waals surface area contributed by atoms with Crippen molar-refractivity contribution in [2.45, 2.75) is 51.5 Å². The van der Waals surface area contributed by atoms with Crippen molar-refractivity contribution < 1.29 is 0 Å². The maximum atomic E-state index is 5.72. The minimum absolute atomic E-state index is 0.104. The molecule has 0 amide bonds. The fourth-order valence-corrected chi connectivity index (χ4v) is 3.19. The van der Waals surface area contributed by atoms with Crippen molar-refractivity contribution in [2.24, 2.45) is 5.84 Å². The first-order chi connectivity index (χ1) is 8.24. The number of allylic oxidation sites excluding steroid dienone is 1. The summed E-state index contributed by atoms with van der Waals surface area (Å²) in [6, 6.07) is 0.104. The third-order valence-electron chi connectivity index (χ3n) is 3.21. The molecule has 1 aliphatic rings. The molecule has 17 heavy (non-hydrogen) atoms. The van der Waals surface area contributed by atoms with Gasteiger partial charge in [0, 0.05) is 0 Å². The Morgan fingerprint density at radius 3 is 2.82 bits per heavy atom. The quantitative estimate of drug-likeness (QED) is 0.491. The summed E-state index contributed by atoms with van der Waals surface area (Å²) in [6.45, 7) is 4.28. The van der Waals surface area contributed by atoms with Crippen LogP contribution in [0.2, 0.25) is 0 Å². The maximum absolute atomic E-state index is 5.72. The molecule has 0 fully saturated rings. The van der Waals surface area contributed by atoms with Crippen LogP contribution in [0.25, 0.3) is 0 Å². The van der Waals surface area contributed by atoms with E-state index in [1.165, 1.54) is 34.8 Å². The highest BCUT2D eigenvalue weighted by Gasteiger charge is 2.24. The normalized spacial score (nSPS) is 18.2. The zero-order chi connectivity index (χ0) is 12.3. The summed E-state index contributed by atoms with van der Waals surface area (Å²) in [6.07, 6.45) is 7.16. The molecule has 0 saturated heterocycles. The van der Waals surface area contributed by atoms with Gasteiger partial charge in [0.1, 0.15) is 0 Å². The topological polar surface area (TPSA) is 63.8 Å². The summed E-state index contributed by atoms with van der Waals surface area (Å²) in [5.74, 6) is 6.12. The van der Waals surface area contributed by atoms with Crippen LogP contribution < -0.4 is 11.3 Å². The zero-order valence-electron chi connectivity index (χ0n) is 10.4. The third kappa shape index (κ3) is 2.73. The van der Waals surface area contributed by atoms with Crippen molar-refractivity contribution >= 4 is 11.5 Å². The number of aromatic nitrogens is 2. The molecule has 4 nitrogen and oxygen atoms in total. The molecule has 0 saturated carbocycles. The summed E-state index contributed by atoms with van der Waals surface area (Å²) in [5, 5.41) is 4.23. The highest BCUT2D eigenvalue weighted by molar-refractivity contribution is 7.05. The summed E-state index contributed by atoms with van der Waals surface area (Å²) in [5.41, 5.74) is 5.40. The minimum Gasteiger partial charge on any atom is -0.271 e. The van der Waals surface area contributed by atoms with Gasteiger partial charge >= 0.3 is 0 Å². The van der Waals surface area contributed by atoms with Crippen LogP contribution in [0.4, 0.5) is 0 Å². The Bertz CT molecular complexity index is 397. The van der Waals surface area contributed by atoms with Gasteiger partial charge in [-0.05, 0) is 43.1 Å². The van der Waals surface area contributed by atoms with Gasteiger partial charge in [0.15, 0.2) is 0 Å². The van der Waals surface area contributed by atoms with Crippen LogP contribution >= 0.6 is 11.5 Å². The van der Waals surface area contributed by atoms with Gasteiger partial charge in [-0.2, -0.15) is 0 Å². The van der Waals surface area contributed by atoms with Crippen LogP contribution in [-0.4, -0.2) is 9.59 Å². The predicted molar refractivity (Wildman–Crippen MR) is 70.6 cm³/mol. The molecule has 0 aliphatic heterocycles. The van der Waals surface area contributed by atoms with Gasteiger partial charge < -0.3 is 0 Å². The Balaban J connectivity index is 2.28. The number of rotatable bonds is 4. The van der Waals surface area contributed by atoms with E-state index in [9.17, 15) is 0 Å². The van der Waals surface area contributed by atoms with Crippen molar-refractivity contribution in [1.82, 2.24) is 15.0 Å². The van der Waals surface area contributed by atoms with Gasteiger partial charge in [-0.1, -0.05) is 30.0 Å². The van der Waals surface area contributed by atoms with E-state index in [-0.39, 0.29) is 6.04 Å². The number of hydrogen-bond donors (Lipinski definition) is 2. The molecule has 1 heterocycles. The predicted octanol–water partition coefficient (Wildman–Crippen LogP) is 2.67. The lowest BCUT2D eigenvalue weighted by atomic mass is 9.92. The maximum Gasteiger partial charge on any atom is 0.0833 e. The lowest BCUT2D eigenvalue weighted by Crippen LogP contribution is -2.30. The SMILES string of the molecule is CC(C)c1nnsc1C(NN)C1=CCCCC1. The van der Waals surface area contributed by atoms with Gasteiger partial charge in [-0.25, -0.2) is 5.43 Å². The molecule has 94 valence electrons. The van der Waals surface area contributed by atoms with Crippen LogP contribution in [0.3, 0.4) is 0 Å². The first kappa shape index (κ1) is 12.7. The van der Waals surface area contributed by atoms with Crippen LogP contribution in [-0.2, 0) is 0 Å². The number of hydrogen-bond acceptors (Lipinski definition) is 5. The third-order valence-corrected chi connectivity index (χ3v) is 4.02. The fourth-order valence-electron chi connectivity index (χ4n) is 2.28. The van der Waals surface area contributed by atoms with Crippen LogP contribution in [0.5, 0.6) is 0 Å². The lowest BCUT2D eigenvalue weighted by Gasteiger charge is -2.22. The van der Waals surface area contributed by atoms with E-state index in [0.717, 1.165) is 18.5 Å². The van der Waals surface area contributed by atoms with E-state index >= 15 is 0 Å². The van der Waals surface area contributed by atoms with Crippen molar-refractivity contribution in [3.05, 3.63) is 22.2 Å². The molecule has 0 bridgehead atoms. The highest BCUT2D eigenvalue weighted by atomic mass is 32.1. The minimum atomic E-state index is 0.104. The molecule has 2 rings (SSSR count). The average molecular weight is 252 g/mol. The van der Waals surface area contributed by atoms with Crippen molar-refractivity contribution in [3.8, 4) is 0 Å². The number of nitrogens with one attached hydrogen (secondary N) is 1. The van der Waals surface area contributed by atoms with Gasteiger partial charge in [0.05, 0.1) is 16.6 Å². The molecule has 5 heteroatoms. The van der Waals surface area contributed by atoms with Crippen LogP contribution in [0, 0.1) is 0 Å². The van der Waals surface area contributed by atoms with Gasteiger partial charge in [0.2, 0.25) is 0 Å². The van der Waals surface area contributed by atoms with E-state index in [1.54, 1.807) is 0 Å². The van der Waals surface area contributed by atoms with Crippen molar-refractivity contribution in [1.29, 1.82) is 0 Å². The molecule has 1 aromatic heterocycles. The largest absolute Gasteiger partial charge is 0.271 e. The van der Waals surface area contributed by atoms with Crippen molar-refractivity contribution in [2.75, 3.05) is 0 Å². The molecular weight excluding hydrogens is 232 g/mol. The van der Waals surface area contributed by atoms with Crippen LogP contribution in [0.15, 0.2) is 11.6 Å². The first-order valence-electron chi connectivity index (χ1n) is 6.21. The Morgan fingerprint density at radius 1 is 1.41 bits per heavy atom. The van der Waals surface area contributed by atoms with Gasteiger partial charge in [0.25, 0.3) is 0 Å². The molecular formula is C12H20N4S. The van der Waals surface area contributed by atoms with Crippen LogP contribution in [0.1, 0.15) is 62.1 Å². The molecule has 1 atom stereocenters. The number of hydrazine groups is 1. The molecule has 0 radical (unpaired) electrons. The monoisotopic (exact) mass is 252 g/mol. The first-order valence-corrected chi connectivity index (χ1v) is 6.98. The van der Waals surface area contributed by atoms with Gasteiger partial charge in [-0.15, -0.1) is 5.10 Å². The second-order valence-electron chi connectivity index (χ2n) is 4.80. The Hall–Kier alpha value is -0.780. The second kappa shape index (κ2) is 5.71.